The zero-order valence-electron chi connectivity index (χ0n) is 10.0. The summed E-state index contributed by atoms with van der Waals surface area (Å²) in [5, 5.41) is 0. The van der Waals surface area contributed by atoms with E-state index >= 15 is 0 Å². The molecule has 2 aromatic carbocycles. The van der Waals surface area contributed by atoms with Crippen molar-refractivity contribution in [3.63, 3.8) is 0 Å². The second-order valence-electron chi connectivity index (χ2n) is 3.98. The van der Waals surface area contributed by atoms with Crippen molar-refractivity contribution in [2.45, 2.75) is 17.6 Å². The summed E-state index contributed by atoms with van der Waals surface area (Å²) in [6.45, 7) is 1.44. The van der Waals surface area contributed by atoms with Crippen LogP contribution in [0.1, 0.15) is 11.1 Å². The average molecular weight is 347 g/mol. The summed E-state index contributed by atoms with van der Waals surface area (Å²) in [5.74, 6) is -2.49. The summed E-state index contributed by atoms with van der Waals surface area (Å²) in [5.41, 5.74) is 1.08. The Kier molecular flexibility index (Phi) is 4.58. The van der Waals surface area contributed by atoms with E-state index in [2.05, 4.69) is 15.9 Å². The summed E-state index contributed by atoms with van der Waals surface area (Å²) in [4.78, 5) is 0.0158. The normalized spacial score (nSPS) is 10.8. The standard InChI is InChI=1S/C14H10BrF3S/c1-8-11(16)10(15)12(17)13(18)14(8)19-7-9-5-3-2-4-6-9/h2-6H,7H2,1H3. The molecule has 0 saturated heterocycles. The van der Waals surface area contributed by atoms with E-state index in [1.807, 2.05) is 30.3 Å². The molecule has 2 rings (SSSR count). The van der Waals surface area contributed by atoms with Crippen LogP contribution >= 0.6 is 27.7 Å². The van der Waals surface area contributed by atoms with Crippen molar-refractivity contribution in [2.24, 2.45) is 0 Å². The Morgan fingerprint density at radius 2 is 1.63 bits per heavy atom. The highest BCUT2D eigenvalue weighted by atomic mass is 79.9. The minimum Gasteiger partial charge on any atom is -0.205 e. The summed E-state index contributed by atoms with van der Waals surface area (Å²) in [6, 6.07) is 9.36. The Morgan fingerprint density at radius 1 is 1.00 bits per heavy atom. The Bertz CT molecular complexity index is 570. The largest absolute Gasteiger partial charge is 0.205 e. The molecule has 0 aromatic heterocycles. The van der Waals surface area contributed by atoms with Gasteiger partial charge in [-0.15, -0.1) is 11.8 Å². The maximum Gasteiger partial charge on any atom is 0.177 e. The summed E-state index contributed by atoms with van der Waals surface area (Å²) in [7, 11) is 0. The van der Waals surface area contributed by atoms with Crippen LogP contribution in [-0.2, 0) is 5.75 Å². The van der Waals surface area contributed by atoms with Crippen LogP contribution in [0.15, 0.2) is 39.7 Å². The van der Waals surface area contributed by atoms with Crippen LogP contribution in [0, 0.1) is 24.4 Å². The number of hydrogen-bond acceptors (Lipinski definition) is 1. The van der Waals surface area contributed by atoms with Crippen LogP contribution < -0.4 is 0 Å². The fourth-order valence-corrected chi connectivity index (χ4v) is 3.12. The van der Waals surface area contributed by atoms with Gasteiger partial charge in [-0.3, -0.25) is 0 Å². The van der Waals surface area contributed by atoms with Crippen LogP contribution in [0.2, 0.25) is 0 Å². The highest BCUT2D eigenvalue weighted by Gasteiger charge is 2.21. The molecule has 0 fully saturated rings. The zero-order chi connectivity index (χ0) is 14.0. The van der Waals surface area contributed by atoms with E-state index in [0.717, 1.165) is 17.3 Å². The predicted octanol–water partition coefficient (Wildman–Crippen LogP) is 5.47. The Balaban J connectivity index is 2.31. The second kappa shape index (κ2) is 6.01. The fraction of sp³-hybridized carbons (Fsp3) is 0.143. The molecule has 0 nitrogen and oxygen atoms in total. The molecule has 5 heteroatoms. The van der Waals surface area contributed by atoms with Crippen molar-refractivity contribution in [3.8, 4) is 0 Å². The molecule has 0 unspecified atom stereocenters. The number of halogens is 4. The molecule has 0 N–H and O–H groups in total. The third-order valence-electron chi connectivity index (χ3n) is 2.67. The third kappa shape index (κ3) is 2.98. The lowest BCUT2D eigenvalue weighted by Crippen LogP contribution is -1.99. The van der Waals surface area contributed by atoms with Gasteiger partial charge >= 0.3 is 0 Å². The zero-order valence-corrected chi connectivity index (χ0v) is 12.4. The molecule has 0 bridgehead atoms. The molecule has 0 heterocycles. The average Bonchev–Trinajstić information content (AvgIpc) is 2.44. The summed E-state index contributed by atoms with van der Waals surface area (Å²) >= 11 is 3.80. The topological polar surface area (TPSA) is 0 Å². The molecule has 0 aliphatic carbocycles. The maximum atomic E-state index is 13.8. The van der Waals surface area contributed by atoms with E-state index in [9.17, 15) is 13.2 Å². The van der Waals surface area contributed by atoms with Crippen LogP contribution in [0.5, 0.6) is 0 Å². The lowest BCUT2D eigenvalue weighted by atomic mass is 10.2. The van der Waals surface area contributed by atoms with E-state index in [4.69, 9.17) is 0 Å². The molecule has 19 heavy (non-hydrogen) atoms. The van der Waals surface area contributed by atoms with Gasteiger partial charge in [-0.25, -0.2) is 13.2 Å². The first-order chi connectivity index (χ1) is 9.02. The Morgan fingerprint density at radius 3 is 2.26 bits per heavy atom. The molecule has 0 radical (unpaired) electrons. The van der Waals surface area contributed by atoms with Gasteiger partial charge in [-0.2, -0.15) is 0 Å². The van der Waals surface area contributed by atoms with Gasteiger partial charge in [-0.1, -0.05) is 30.3 Å². The van der Waals surface area contributed by atoms with Gasteiger partial charge in [0.2, 0.25) is 0 Å². The molecule has 0 aliphatic heterocycles. The molecule has 2 aromatic rings. The molecule has 0 amide bonds. The van der Waals surface area contributed by atoms with Gasteiger partial charge < -0.3 is 0 Å². The van der Waals surface area contributed by atoms with E-state index < -0.39 is 21.9 Å². The highest BCUT2D eigenvalue weighted by molar-refractivity contribution is 9.10. The molecule has 0 atom stereocenters. The molecule has 100 valence electrons. The van der Waals surface area contributed by atoms with Crippen molar-refractivity contribution in [2.75, 3.05) is 0 Å². The van der Waals surface area contributed by atoms with Gasteiger partial charge in [0, 0.05) is 11.3 Å². The minimum absolute atomic E-state index is 0.0158. The molecule has 0 saturated carbocycles. The molecule has 0 spiro atoms. The van der Waals surface area contributed by atoms with Gasteiger partial charge in [0.15, 0.2) is 11.6 Å². The number of benzene rings is 2. The first-order valence-corrected chi connectivity index (χ1v) is 7.29. The number of hydrogen-bond donors (Lipinski definition) is 0. The molecule has 0 aliphatic rings. The third-order valence-corrected chi connectivity index (χ3v) is 4.62. The summed E-state index contributed by atoms with van der Waals surface area (Å²) in [6.07, 6.45) is 0. The monoisotopic (exact) mass is 346 g/mol. The van der Waals surface area contributed by atoms with Gasteiger partial charge in [0.05, 0.1) is 9.37 Å². The predicted molar refractivity (Wildman–Crippen MR) is 74.8 cm³/mol. The lowest BCUT2D eigenvalue weighted by molar-refractivity contribution is 0.466. The molecular formula is C14H10BrF3S. The Hall–Kier alpha value is -0.940. The van der Waals surface area contributed by atoms with Crippen molar-refractivity contribution in [1.82, 2.24) is 0 Å². The van der Waals surface area contributed by atoms with Crippen molar-refractivity contribution >= 4 is 27.7 Å². The van der Waals surface area contributed by atoms with Crippen molar-refractivity contribution in [3.05, 3.63) is 63.4 Å². The van der Waals surface area contributed by atoms with Crippen LogP contribution in [0.4, 0.5) is 13.2 Å². The second-order valence-corrected chi connectivity index (χ2v) is 5.76. The highest BCUT2D eigenvalue weighted by Crippen LogP contribution is 2.35. The summed E-state index contributed by atoms with van der Waals surface area (Å²) < 4.78 is 40.5. The minimum atomic E-state index is -1.18. The smallest absolute Gasteiger partial charge is 0.177 e. The van der Waals surface area contributed by atoms with Gasteiger partial charge in [0.25, 0.3) is 0 Å². The Labute approximate surface area is 122 Å². The van der Waals surface area contributed by atoms with Crippen LogP contribution in [0.25, 0.3) is 0 Å². The van der Waals surface area contributed by atoms with E-state index in [-0.39, 0.29) is 10.5 Å². The van der Waals surface area contributed by atoms with Gasteiger partial charge in [-0.05, 0) is 28.4 Å². The maximum absolute atomic E-state index is 13.8. The fourth-order valence-electron chi connectivity index (χ4n) is 1.62. The first kappa shape index (κ1) is 14.5. The quantitative estimate of drug-likeness (QED) is 0.403. The van der Waals surface area contributed by atoms with E-state index in [1.54, 1.807) is 0 Å². The SMILES string of the molecule is Cc1c(F)c(Br)c(F)c(F)c1SCc1ccccc1. The van der Waals surface area contributed by atoms with E-state index in [0.29, 0.717) is 5.75 Å². The number of rotatable bonds is 3. The van der Waals surface area contributed by atoms with Crippen LogP contribution in [-0.4, -0.2) is 0 Å². The van der Waals surface area contributed by atoms with E-state index in [1.165, 1.54) is 6.92 Å². The van der Waals surface area contributed by atoms with Crippen molar-refractivity contribution < 1.29 is 13.2 Å². The number of thioether (sulfide) groups is 1. The van der Waals surface area contributed by atoms with Crippen LogP contribution in [0.3, 0.4) is 0 Å². The van der Waals surface area contributed by atoms with Crippen molar-refractivity contribution in [1.29, 1.82) is 0 Å². The molecular weight excluding hydrogens is 337 g/mol. The van der Waals surface area contributed by atoms with Gasteiger partial charge in [0.1, 0.15) is 5.82 Å². The first-order valence-electron chi connectivity index (χ1n) is 5.51. The lowest BCUT2D eigenvalue weighted by Gasteiger charge is -2.10.